The van der Waals surface area contributed by atoms with Gasteiger partial charge in [0.15, 0.2) is 5.58 Å². The third-order valence-corrected chi connectivity index (χ3v) is 2.43. The lowest BCUT2D eigenvalue weighted by Gasteiger charge is -1.90. The minimum Gasteiger partial charge on any atom is -0.435 e. The van der Waals surface area contributed by atoms with Crippen molar-refractivity contribution in [3.05, 3.63) is 48.2 Å². The molecule has 0 aliphatic heterocycles. The molecular formula is C13H8N2O2. The number of aldehydes is 1. The summed E-state index contributed by atoms with van der Waals surface area (Å²) in [5, 5.41) is 0. The van der Waals surface area contributed by atoms with Crippen LogP contribution in [0.1, 0.15) is 10.4 Å². The molecule has 0 aliphatic carbocycles. The molecular weight excluding hydrogens is 216 g/mol. The number of oxazole rings is 1. The van der Waals surface area contributed by atoms with E-state index in [9.17, 15) is 4.79 Å². The first-order valence-electron chi connectivity index (χ1n) is 5.14. The third kappa shape index (κ3) is 1.69. The van der Waals surface area contributed by atoms with E-state index in [2.05, 4.69) is 9.97 Å². The highest BCUT2D eigenvalue weighted by Gasteiger charge is 2.08. The summed E-state index contributed by atoms with van der Waals surface area (Å²) in [6.45, 7) is 0. The number of nitrogens with zero attached hydrogens (tertiary/aromatic N) is 2. The van der Waals surface area contributed by atoms with E-state index < -0.39 is 0 Å². The van der Waals surface area contributed by atoms with Crippen molar-refractivity contribution >= 4 is 17.4 Å². The number of carbonyl (C=O) groups excluding carboxylic acids is 1. The fourth-order valence-corrected chi connectivity index (χ4v) is 1.62. The van der Waals surface area contributed by atoms with Gasteiger partial charge in [-0.3, -0.25) is 9.78 Å². The summed E-state index contributed by atoms with van der Waals surface area (Å²) < 4.78 is 5.56. The van der Waals surface area contributed by atoms with Crippen LogP contribution in [-0.2, 0) is 0 Å². The molecule has 0 bridgehead atoms. The zero-order valence-corrected chi connectivity index (χ0v) is 8.83. The Labute approximate surface area is 96.9 Å². The van der Waals surface area contributed by atoms with Crippen LogP contribution < -0.4 is 0 Å². The second-order valence-corrected chi connectivity index (χ2v) is 3.58. The van der Waals surface area contributed by atoms with Crippen molar-refractivity contribution in [3.8, 4) is 11.6 Å². The van der Waals surface area contributed by atoms with E-state index in [1.807, 2.05) is 18.2 Å². The monoisotopic (exact) mass is 224 g/mol. The first-order chi connectivity index (χ1) is 8.36. The molecule has 2 aromatic heterocycles. The normalized spacial score (nSPS) is 10.6. The molecule has 0 saturated heterocycles. The van der Waals surface area contributed by atoms with Gasteiger partial charge in [-0.25, -0.2) is 4.98 Å². The first kappa shape index (κ1) is 9.72. The van der Waals surface area contributed by atoms with Crippen molar-refractivity contribution in [1.29, 1.82) is 0 Å². The van der Waals surface area contributed by atoms with Gasteiger partial charge in [0.1, 0.15) is 17.5 Å². The molecule has 0 N–H and O–H groups in total. The summed E-state index contributed by atoms with van der Waals surface area (Å²) in [6.07, 6.45) is 2.47. The largest absolute Gasteiger partial charge is 0.435 e. The molecule has 0 saturated carbocycles. The van der Waals surface area contributed by atoms with Crippen molar-refractivity contribution < 1.29 is 9.21 Å². The van der Waals surface area contributed by atoms with E-state index in [-0.39, 0.29) is 0 Å². The van der Waals surface area contributed by atoms with E-state index in [1.165, 1.54) is 0 Å². The number of carbonyl (C=O) groups is 1. The third-order valence-electron chi connectivity index (χ3n) is 2.43. The number of aromatic nitrogens is 2. The van der Waals surface area contributed by atoms with E-state index in [0.717, 1.165) is 6.29 Å². The van der Waals surface area contributed by atoms with Crippen molar-refractivity contribution in [1.82, 2.24) is 9.97 Å². The zero-order valence-electron chi connectivity index (χ0n) is 8.83. The van der Waals surface area contributed by atoms with Crippen LogP contribution >= 0.6 is 0 Å². The maximum atomic E-state index is 10.7. The fraction of sp³-hybridized carbons (Fsp3) is 0. The van der Waals surface area contributed by atoms with Crippen LogP contribution in [0.3, 0.4) is 0 Å². The lowest BCUT2D eigenvalue weighted by Crippen LogP contribution is -1.81. The summed E-state index contributed by atoms with van der Waals surface area (Å²) in [7, 11) is 0. The van der Waals surface area contributed by atoms with Crippen molar-refractivity contribution in [2.24, 2.45) is 0 Å². The van der Waals surface area contributed by atoms with E-state index in [4.69, 9.17) is 4.42 Å². The Bertz CT molecular complexity index is 674. The van der Waals surface area contributed by atoms with Gasteiger partial charge in [-0.05, 0) is 30.3 Å². The lowest BCUT2D eigenvalue weighted by atomic mass is 10.2. The van der Waals surface area contributed by atoms with Gasteiger partial charge in [0, 0.05) is 11.8 Å². The van der Waals surface area contributed by atoms with Crippen LogP contribution in [0.2, 0.25) is 0 Å². The number of hydrogen-bond acceptors (Lipinski definition) is 4. The van der Waals surface area contributed by atoms with E-state index >= 15 is 0 Å². The molecule has 3 aromatic rings. The summed E-state index contributed by atoms with van der Waals surface area (Å²) in [6, 6.07) is 10.6. The molecule has 4 nitrogen and oxygen atoms in total. The van der Waals surface area contributed by atoms with Crippen molar-refractivity contribution in [3.63, 3.8) is 0 Å². The summed E-state index contributed by atoms with van der Waals surface area (Å²) in [5.74, 6) is 0.462. The molecule has 82 valence electrons. The molecule has 0 amide bonds. The summed E-state index contributed by atoms with van der Waals surface area (Å²) >= 11 is 0. The van der Waals surface area contributed by atoms with Crippen LogP contribution in [0.25, 0.3) is 22.7 Å². The molecule has 2 heterocycles. The molecule has 0 fully saturated rings. The number of rotatable bonds is 2. The minimum atomic E-state index is 0.462. The maximum absolute atomic E-state index is 10.7. The topological polar surface area (TPSA) is 56.0 Å². The summed E-state index contributed by atoms with van der Waals surface area (Å²) in [5.41, 5.74) is 2.57. The highest BCUT2D eigenvalue weighted by molar-refractivity contribution is 5.84. The SMILES string of the molecule is O=Cc1ccc2oc(-c3ccccn3)nc2c1. The Balaban J connectivity index is 2.17. The molecule has 0 aliphatic rings. The number of hydrogen-bond donors (Lipinski definition) is 0. The van der Waals surface area contributed by atoms with Crippen LogP contribution in [-0.4, -0.2) is 16.3 Å². The highest BCUT2D eigenvalue weighted by atomic mass is 16.3. The number of pyridine rings is 1. The zero-order chi connectivity index (χ0) is 11.7. The smallest absolute Gasteiger partial charge is 0.246 e. The van der Waals surface area contributed by atoms with Crippen LogP contribution in [0, 0.1) is 0 Å². The Morgan fingerprint density at radius 2 is 2.12 bits per heavy atom. The molecule has 0 spiro atoms. The van der Waals surface area contributed by atoms with Gasteiger partial charge >= 0.3 is 0 Å². The average molecular weight is 224 g/mol. The Kier molecular flexibility index (Phi) is 2.19. The number of benzene rings is 1. The highest BCUT2D eigenvalue weighted by Crippen LogP contribution is 2.22. The lowest BCUT2D eigenvalue weighted by molar-refractivity contribution is 0.112. The minimum absolute atomic E-state index is 0.462. The van der Waals surface area contributed by atoms with Crippen LogP contribution in [0.4, 0.5) is 0 Å². The van der Waals surface area contributed by atoms with Gasteiger partial charge in [-0.2, -0.15) is 0 Å². The second-order valence-electron chi connectivity index (χ2n) is 3.58. The van der Waals surface area contributed by atoms with Crippen molar-refractivity contribution in [2.75, 3.05) is 0 Å². The number of fused-ring (bicyclic) bond motifs is 1. The predicted molar refractivity (Wildman–Crippen MR) is 62.6 cm³/mol. The van der Waals surface area contributed by atoms with E-state index in [0.29, 0.717) is 28.2 Å². The average Bonchev–Trinajstić information content (AvgIpc) is 2.82. The first-order valence-corrected chi connectivity index (χ1v) is 5.14. The quantitative estimate of drug-likeness (QED) is 0.628. The molecule has 17 heavy (non-hydrogen) atoms. The van der Waals surface area contributed by atoms with Gasteiger partial charge < -0.3 is 4.42 Å². The molecule has 0 unspecified atom stereocenters. The Morgan fingerprint density at radius 3 is 2.88 bits per heavy atom. The standard InChI is InChI=1S/C13H8N2O2/c16-8-9-4-5-12-11(7-9)15-13(17-12)10-3-1-2-6-14-10/h1-8H. The molecule has 0 atom stereocenters. The maximum Gasteiger partial charge on any atom is 0.246 e. The predicted octanol–water partition coefficient (Wildman–Crippen LogP) is 2.70. The summed E-state index contributed by atoms with van der Waals surface area (Å²) in [4.78, 5) is 19.1. The van der Waals surface area contributed by atoms with Crippen molar-refractivity contribution in [2.45, 2.75) is 0 Å². The van der Waals surface area contributed by atoms with Gasteiger partial charge in [-0.1, -0.05) is 6.07 Å². The second kappa shape index (κ2) is 3.83. The molecule has 3 rings (SSSR count). The van der Waals surface area contributed by atoms with Crippen LogP contribution in [0.5, 0.6) is 0 Å². The van der Waals surface area contributed by atoms with Gasteiger partial charge in [-0.15, -0.1) is 0 Å². The molecule has 1 aromatic carbocycles. The van der Waals surface area contributed by atoms with E-state index in [1.54, 1.807) is 24.4 Å². The molecule has 4 heteroatoms. The molecule has 0 radical (unpaired) electrons. The fourth-order valence-electron chi connectivity index (χ4n) is 1.62. The Morgan fingerprint density at radius 1 is 1.18 bits per heavy atom. The van der Waals surface area contributed by atoms with Gasteiger partial charge in [0.25, 0.3) is 0 Å². The van der Waals surface area contributed by atoms with Gasteiger partial charge in [0.2, 0.25) is 5.89 Å². The Hall–Kier alpha value is -2.49. The van der Waals surface area contributed by atoms with Gasteiger partial charge in [0.05, 0.1) is 0 Å². The van der Waals surface area contributed by atoms with Crippen LogP contribution in [0.15, 0.2) is 47.0 Å².